The predicted molar refractivity (Wildman–Crippen MR) is 78.5 cm³/mol. The molecule has 1 aliphatic heterocycles. The average Bonchev–Trinajstić information content (AvgIpc) is 2.44. The summed E-state index contributed by atoms with van der Waals surface area (Å²) in [7, 11) is 0. The van der Waals surface area contributed by atoms with Crippen LogP contribution in [0.2, 0.25) is 0 Å². The lowest BCUT2D eigenvalue weighted by Crippen LogP contribution is -2.41. The van der Waals surface area contributed by atoms with Gasteiger partial charge in [-0.1, -0.05) is 31.2 Å². The van der Waals surface area contributed by atoms with Crippen molar-refractivity contribution in [2.75, 3.05) is 19.8 Å². The van der Waals surface area contributed by atoms with E-state index in [9.17, 15) is 0 Å². The first-order valence-electron chi connectivity index (χ1n) is 7.77. The Morgan fingerprint density at radius 2 is 2.05 bits per heavy atom. The van der Waals surface area contributed by atoms with Crippen molar-refractivity contribution < 1.29 is 4.74 Å². The largest absolute Gasteiger partial charge is 0.381 e. The van der Waals surface area contributed by atoms with Crippen molar-refractivity contribution in [2.45, 2.75) is 44.6 Å². The van der Waals surface area contributed by atoms with E-state index in [0.717, 1.165) is 31.6 Å². The molecule has 1 aromatic rings. The van der Waals surface area contributed by atoms with E-state index in [1.807, 2.05) is 0 Å². The van der Waals surface area contributed by atoms with Crippen LogP contribution in [0.15, 0.2) is 24.3 Å². The van der Waals surface area contributed by atoms with Gasteiger partial charge in [0.1, 0.15) is 0 Å². The van der Waals surface area contributed by atoms with Crippen LogP contribution in [0.1, 0.15) is 43.2 Å². The Morgan fingerprint density at radius 3 is 2.79 bits per heavy atom. The molecule has 0 aromatic heterocycles. The SMILES string of the molecule is CCNC(CC1Cc2ccccc21)C1CCOCC1. The lowest BCUT2D eigenvalue weighted by atomic mass is 9.72. The number of fused-ring (bicyclic) bond motifs is 1. The quantitative estimate of drug-likeness (QED) is 0.877. The molecule has 1 N–H and O–H groups in total. The van der Waals surface area contributed by atoms with Gasteiger partial charge >= 0.3 is 0 Å². The Morgan fingerprint density at radius 1 is 1.26 bits per heavy atom. The molecule has 2 heteroatoms. The van der Waals surface area contributed by atoms with Crippen LogP contribution in [0.4, 0.5) is 0 Å². The van der Waals surface area contributed by atoms with Crippen LogP contribution in [0.25, 0.3) is 0 Å². The zero-order valence-corrected chi connectivity index (χ0v) is 11.9. The third-order valence-corrected chi connectivity index (χ3v) is 4.80. The van der Waals surface area contributed by atoms with Crippen LogP contribution in [0.3, 0.4) is 0 Å². The number of ether oxygens (including phenoxy) is 1. The fraction of sp³-hybridized carbons (Fsp3) is 0.647. The zero-order valence-electron chi connectivity index (χ0n) is 11.9. The highest BCUT2D eigenvalue weighted by atomic mass is 16.5. The molecule has 2 aliphatic rings. The van der Waals surface area contributed by atoms with Crippen molar-refractivity contribution in [2.24, 2.45) is 5.92 Å². The average molecular weight is 259 g/mol. The molecular weight excluding hydrogens is 234 g/mol. The van der Waals surface area contributed by atoms with E-state index in [4.69, 9.17) is 4.74 Å². The van der Waals surface area contributed by atoms with E-state index in [2.05, 4.69) is 36.5 Å². The maximum absolute atomic E-state index is 5.50. The van der Waals surface area contributed by atoms with Crippen molar-refractivity contribution in [3.63, 3.8) is 0 Å². The minimum absolute atomic E-state index is 0.673. The lowest BCUT2D eigenvalue weighted by Gasteiger charge is -2.37. The molecule has 1 heterocycles. The summed E-state index contributed by atoms with van der Waals surface area (Å²) in [4.78, 5) is 0. The molecule has 0 spiro atoms. The van der Waals surface area contributed by atoms with E-state index in [-0.39, 0.29) is 0 Å². The van der Waals surface area contributed by atoms with Gasteiger partial charge in [0.2, 0.25) is 0 Å². The van der Waals surface area contributed by atoms with E-state index in [0.29, 0.717) is 6.04 Å². The molecule has 1 fully saturated rings. The molecule has 2 nitrogen and oxygen atoms in total. The summed E-state index contributed by atoms with van der Waals surface area (Å²) in [6.07, 6.45) is 5.04. The summed E-state index contributed by atoms with van der Waals surface area (Å²) in [5.41, 5.74) is 3.16. The Bertz CT molecular complexity index is 411. The molecule has 0 saturated carbocycles. The zero-order chi connectivity index (χ0) is 13.1. The van der Waals surface area contributed by atoms with Crippen molar-refractivity contribution >= 4 is 0 Å². The number of hydrogen-bond donors (Lipinski definition) is 1. The highest BCUT2D eigenvalue weighted by Crippen LogP contribution is 2.39. The second-order valence-electron chi connectivity index (χ2n) is 5.95. The third-order valence-electron chi connectivity index (χ3n) is 4.80. The Balaban J connectivity index is 1.62. The summed E-state index contributed by atoms with van der Waals surface area (Å²) < 4.78 is 5.50. The van der Waals surface area contributed by atoms with Crippen LogP contribution < -0.4 is 5.32 Å². The third kappa shape index (κ3) is 2.85. The van der Waals surface area contributed by atoms with Gasteiger partial charge in [-0.05, 0) is 55.2 Å². The standard InChI is InChI=1S/C17H25NO/c1-2-18-17(13-7-9-19-10-8-13)12-15-11-14-5-3-4-6-16(14)15/h3-6,13,15,17-18H,2,7-12H2,1H3. The van der Waals surface area contributed by atoms with E-state index >= 15 is 0 Å². The summed E-state index contributed by atoms with van der Waals surface area (Å²) in [5.74, 6) is 1.59. The normalized spacial score (nSPS) is 24.6. The highest BCUT2D eigenvalue weighted by molar-refractivity contribution is 5.39. The second kappa shape index (κ2) is 6.06. The number of hydrogen-bond acceptors (Lipinski definition) is 2. The van der Waals surface area contributed by atoms with Crippen LogP contribution >= 0.6 is 0 Å². The molecule has 2 atom stereocenters. The summed E-state index contributed by atoms with van der Waals surface area (Å²) in [5, 5.41) is 3.73. The highest BCUT2D eigenvalue weighted by Gasteiger charge is 2.31. The summed E-state index contributed by atoms with van der Waals surface area (Å²) >= 11 is 0. The molecule has 19 heavy (non-hydrogen) atoms. The first-order valence-corrected chi connectivity index (χ1v) is 7.77. The molecule has 0 amide bonds. The summed E-state index contributed by atoms with van der Waals surface area (Å²) in [6, 6.07) is 9.61. The smallest absolute Gasteiger partial charge is 0.0469 e. The Hall–Kier alpha value is -0.860. The first kappa shape index (κ1) is 13.1. The molecular formula is C17H25NO. The van der Waals surface area contributed by atoms with Crippen molar-refractivity contribution in [1.29, 1.82) is 0 Å². The molecule has 104 valence electrons. The van der Waals surface area contributed by atoms with Crippen LogP contribution in [-0.2, 0) is 11.2 Å². The molecule has 1 saturated heterocycles. The number of benzene rings is 1. The molecule has 0 radical (unpaired) electrons. The van der Waals surface area contributed by atoms with Crippen LogP contribution in [0, 0.1) is 5.92 Å². The van der Waals surface area contributed by atoms with E-state index in [1.165, 1.54) is 25.7 Å². The van der Waals surface area contributed by atoms with Crippen molar-refractivity contribution in [3.8, 4) is 0 Å². The van der Waals surface area contributed by atoms with E-state index in [1.54, 1.807) is 11.1 Å². The monoisotopic (exact) mass is 259 g/mol. The number of nitrogens with one attached hydrogen (secondary N) is 1. The molecule has 2 unspecified atom stereocenters. The van der Waals surface area contributed by atoms with Gasteiger partial charge in [-0.3, -0.25) is 0 Å². The van der Waals surface area contributed by atoms with Gasteiger partial charge in [0.05, 0.1) is 0 Å². The van der Waals surface area contributed by atoms with Gasteiger partial charge in [0, 0.05) is 19.3 Å². The molecule has 3 rings (SSSR count). The minimum Gasteiger partial charge on any atom is -0.381 e. The maximum atomic E-state index is 5.50. The van der Waals surface area contributed by atoms with Gasteiger partial charge in [0.15, 0.2) is 0 Å². The molecule has 1 aliphatic carbocycles. The fourth-order valence-electron chi connectivity index (χ4n) is 3.70. The summed E-state index contributed by atoms with van der Waals surface area (Å²) in [6.45, 7) is 5.21. The molecule has 1 aromatic carbocycles. The second-order valence-corrected chi connectivity index (χ2v) is 5.95. The van der Waals surface area contributed by atoms with Crippen LogP contribution in [-0.4, -0.2) is 25.8 Å². The Kier molecular flexibility index (Phi) is 4.19. The van der Waals surface area contributed by atoms with Crippen molar-refractivity contribution in [3.05, 3.63) is 35.4 Å². The number of rotatable bonds is 5. The van der Waals surface area contributed by atoms with E-state index < -0.39 is 0 Å². The maximum Gasteiger partial charge on any atom is 0.0469 e. The fourth-order valence-corrected chi connectivity index (χ4v) is 3.70. The molecule has 0 bridgehead atoms. The van der Waals surface area contributed by atoms with Crippen LogP contribution in [0.5, 0.6) is 0 Å². The topological polar surface area (TPSA) is 21.3 Å². The van der Waals surface area contributed by atoms with Crippen molar-refractivity contribution in [1.82, 2.24) is 5.32 Å². The van der Waals surface area contributed by atoms with Gasteiger partial charge < -0.3 is 10.1 Å². The lowest BCUT2D eigenvalue weighted by molar-refractivity contribution is 0.0514. The first-order chi connectivity index (χ1) is 9.38. The van der Waals surface area contributed by atoms with Gasteiger partial charge in [-0.15, -0.1) is 0 Å². The Labute approximate surface area is 116 Å². The van der Waals surface area contributed by atoms with Gasteiger partial charge in [-0.2, -0.15) is 0 Å². The van der Waals surface area contributed by atoms with Gasteiger partial charge in [-0.25, -0.2) is 0 Å². The predicted octanol–water partition coefficient (Wildman–Crippen LogP) is 3.12. The minimum atomic E-state index is 0.673. The van der Waals surface area contributed by atoms with Gasteiger partial charge in [0.25, 0.3) is 0 Å².